The Labute approximate surface area is 101 Å². The third kappa shape index (κ3) is 6.37. The van der Waals surface area contributed by atoms with Gasteiger partial charge in [-0.3, -0.25) is 0 Å². The van der Waals surface area contributed by atoms with E-state index < -0.39 is 7.26 Å². The van der Waals surface area contributed by atoms with Crippen molar-refractivity contribution in [2.24, 2.45) is 0 Å². The molecule has 0 spiro atoms. The predicted molar refractivity (Wildman–Crippen MR) is 76.1 cm³/mol. The van der Waals surface area contributed by atoms with Gasteiger partial charge in [-0.2, -0.15) is 0 Å². The molecule has 0 aromatic heterocycles. The summed E-state index contributed by atoms with van der Waals surface area (Å²) in [6, 6.07) is 0. The van der Waals surface area contributed by atoms with Crippen LogP contribution in [-0.4, -0.2) is 36.4 Å². The van der Waals surface area contributed by atoms with Gasteiger partial charge >= 0.3 is 83.7 Å². The number of rotatable bonds is 8. The zero-order chi connectivity index (χ0) is 10.2. The second-order valence-corrected chi connectivity index (χ2v) is 9.22. The van der Waals surface area contributed by atoms with Crippen molar-refractivity contribution >= 4 is 24.2 Å². The second kappa shape index (κ2) is 10.4. The Bertz CT molecular complexity index is 90.3. The van der Waals surface area contributed by atoms with Crippen LogP contribution in [0.2, 0.25) is 0 Å². The van der Waals surface area contributed by atoms with Gasteiger partial charge in [0, 0.05) is 0 Å². The maximum atomic E-state index is 9.12. The minimum absolute atomic E-state index is 0. The van der Waals surface area contributed by atoms with Crippen molar-refractivity contribution in [2.75, 3.05) is 31.3 Å². The summed E-state index contributed by atoms with van der Waals surface area (Å²) in [5, 5.41) is 9.12. The Morgan fingerprint density at radius 3 is 1.36 bits per heavy atom. The molecule has 0 heterocycles. The zero-order valence-corrected chi connectivity index (χ0v) is 12.7. The Kier molecular flexibility index (Phi) is 12.8. The van der Waals surface area contributed by atoms with Crippen LogP contribution in [0.5, 0.6) is 0 Å². The van der Waals surface area contributed by atoms with Crippen molar-refractivity contribution in [3.8, 4) is 0 Å². The van der Waals surface area contributed by atoms with Crippen molar-refractivity contribution in [1.29, 1.82) is 0 Å². The summed E-state index contributed by atoms with van der Waals surface area (Å²) in [5.41, 5.74) is 0. The molecule has 0 aromatic rings. The van der Waals surface area contributed by atoms with E-state index in [1.807, 2.05) is 0 Å². The standard InChI is InChI=1S/C11H27OP.BrH/c1-4-8-13(9-5-2,10-6-3)11-7-12;/h12-13H,4-11H2,1-3H3;1H. The predicted octanol–water partition coefficient (Wildman–Crippen LogP) is 3.54. The molecule has 0 saturated carbocycles. The molecule has 0 saturated heterocycles. The summed E-state index contributed by atoms with van der Waals surface area (Å²) < 4.78 is 0. The summed E-state index contributed by atoms with van der Waals surface area (Å²) in [4.78, 5) is 0. The Hall–Kier alpha value is 0.870. The van der Waals surface area contributed by atoms with E-state index in [-0.39, 0.29) is 17.0 Å². The van der Waals surface area contributed by atoms with Crippen LogP contribution >= 0.6 is 24.2 Å². The van der Waals surface area contributed by atoms with Crippen LogP contribution in [0.1, 0.15) is 40.0 Å². The van der Waals surface area contributed by atoms with Crippen molar-refractivity contribution < 1.29 is 5.11 Å². The Balaban J connectivity index is 0. The fourth-order valence-electron chi connectivity index (χ4n) is 2.58. The van der Waals surface area contributed by atoms with Crippen molar-refractivity contribution in [3.63, 3.8) is 0 Å². The topological polar surface area (TPSA) is 20.2 Å². The Morgan fingerprint density at radius 1 is 0.786 bits per heavy atom. The molecule has 0 fully saturated rings. The molecular formula is C11H28BrOP. The quantitative estimate of drug-likeness (QED) is 0.677. The van der Waals surface area contributed by atoms with Gasteiger partial charge in [0.1, 0.15) is 0 Å². The molecule has 0 aliphatic rings. The van der Waals surface area contributed by atoms with E-state index in [2.05, 4.69) is 20.8 Å². The minimum atomic E-state index is -1.05. The van der Waals surface area contributed by atoms with Crippen molar-refractivity contribution in [3.05, 3.63) is 0 Å². The summed E-state index contributed by atoms with van der Waals surface area (Å²) >= 11 is 0. The van der Waals surface area contributed by atoms with Gasteiger partial charge in [-0.15, -0.1) is 17.0 Å². The third-order valence-corrected chi connectivity index (χ3v) is 8.95. The molecule has 0 unspecified atom stereocenters. The number of hydrogen-bond donors (Lipinski definition) is 1. The molecule has 0 aromatic carbocycles. The summed E-state index contributed by atoms with van der Waals surface area (Å²) in [6.07, 6.45) is 9.35. The van der Waals surface area contributed by atoms with Crippen LogP contribution in [0, 0.1) is 0 Å². The third-order valence-electron chi connectivity index (χ3n) is 2.98. The van der Waals surface area contributed by atoms with Gasteiger partial charge in [0.25, 0.3) is 0 Å². The first-order valence-corrected chi connectivity index (χ1v) is 8.68. The van der Waals surface area contributed by atoms with Crippen molar-refractivity contribution in [1.82, 2.24) is 0 Å². The number of aliphatic hydroxyl groups is 1. The number of hydrogen-bond acceptors (Lipinski definition) is 1. The van der Waals surface area contributed by atoms with E-state index in [4.69, 9.17) is 5.11 Å². The van der Waals surface area contributed by atoms with Crippen LogP contribution in [0.15, 0.2) is 0 Å². The molecular weight excluding hydrogens is 259 g/mol. The molecule has 90 valence electrons. The van der Waals surface area contributed by atoms with Gasteiger partial charge in [-0.25, -0.2) is 0 Å². The first-order chi connectivity index (χ1) is 6.24. The van der Waals surface area contributed by atoms with Crippen LogP contribution in [0.3, 0.4) is 0 Å². The molecule has 0 amide bonds. The average molecular weight is 287 g/mol. The fraction of sp³-hybridized carbons (Fsp3) is 1.00. The molecule has 0 aliphatic carbocycles. The van der Waals surface area contributed by atoms with E-state index in [0.717, 1.165) is 6.16 Å². The molecule has 1 nitrogen and oxygen atoms in total. The van der Waals surface area contributed by atoms with E-state index in [1.165, 1.54) is 37.7 Å². The van der Waals surface area contributed by atoms with Gasteiger partial charge in [-0.1, -0.05) is 0 Å². The zero-order valence-electron chi connectivity index (χ0n) is 10.0. The monoisotopic (exact) mass is 286 g/mol. The molecule has 0 aliphatic heterocycles. The molecule has 0 bridgehead atoms. The molecule has 0 radical (unpaired) electrons. The average Bonchev–Trinajstić information content (AvgIpc) is 2.06. The van der Waals surface area contributed by atoms with Crippen LogP contribution in [0.25, 0.3) is 0 Å². The molecule has 14 heavy (non-hydrogen) atoms. The SMILES string of the molecule is Br.CCC[PH](CCC)(CCC)CCO. The number of aliphatic hydroxyl groups excluding tert-OH is 1. The second-order valence-electron chi connectivity index (χ2n) is 4.22. The first kappa shape index (κ1) is 17.3. The fourth-order valence-corrected chi connectivity index (χ4v) is 7.73. The first-order valence-electron chi connectivity index (χ1n) is 5.85. The number of halogens is 1. The molecule has 1 N–H and O–H groups in total. The van der Waals surface area contributed by atoms with Crippen LogP contribution in [-0.2, 0) is 0 Å². The van der Waals surface area contributed by atoms with Gasteiger partial charge in [0.2, 0.25) is 0 Å². The molecule has 3 heteroatoms. The molecule has 0 rings (SSSR count). The van der Waals surface area contributed by atoms with E-state index >= 15 is 0 Å². The molecule has 0 atom stereocenters. The van der Waals surface area contributed by atoms with Crippen LogP contribution in [0.4, 0.5) is 0 Å². The van der Waals surface area contributed by atoms with Crippen LogP contribution < -0.4 is 0 Å². The van der Waals surface area contributed by atoms with E-state index in [0.29, 0.717) is 6.61 Å². The van der Waals surface area contributed by atoms with E-state index in [9.17, 15) is 0 Å². The summed E-state index contributed by atoms with van der Waals surface area (Å²) in [7, 11) is -1.05. The van der Waals surface area contributed by atoms with Gasteiger partial charge in [0.15, 0.2) is 0 Å². The van der Waals surface area contributed by atoms with Gasteiger partial charge in [-0.05, 0) is 0 Å². The summed E-state index contributed by atoms with van der Waals surface area (Å²) in [6.45, 7) is 7.27. The Morgan fingerprint density at radius 2 is 1.14 bits per heavy atom. The normalized spacial score (nSPS) is 12.3. The van der Waals surface area contributed by atoms with Crippen molar-refractivity contribution in [2.45, 2.75) is 40.0 Å². The summed E-state index contributed by atoms with van der Waals surface area (Å²) in [5.74, 6) is 0. The van der Waals surface area contributed by atoms with Gasteiger partial charge in [0.05, 0.1) is 0 Å². The maximum absolute atomic E-state index is 9.12. The van der Waals surface area contributed by atoms with E-state index in [1.54, 1.807) is 0 Å². The van der Waals surface area contributed by atoms with Gasteiger partial charge < -0.3 is 0 Å².